The second-order valence-electron chi connectivity index (χ2n) is 6.14. The van der Waals surface area contributed by atoms with E-state index in [0.29, 0.717) is 24.5 Å². The van der Waals surface area contributed by atoms with Gasteiger partial charge in [0.05, 0.1) is 6.54 Å². The fraction of sp³-hybridized carbons (Fsp3) is 0.933. The van der Waals surface area contributed by atoms with Crippen LogP contribution in [0, 0.1) is 0 Å². The van der Waals surface area contributed by atoms with Crippen LogP contribution in [0.5, 0.6) is 0 Å². The Labute approximate surface area is 112 Å². The van der Waals surface area contributed by atoms with E-state index in [4.69, 9.17) is 0 Å². The number of carbonyl (C=O) groups excluding carboxylic acids is 1. The van der Waals surface area contributed by atoms with Gasteiger partial charge in [-0.25, -0.2) is 0 Å². The number of hydrogen-bond donors (Lipinski definition) is 0. The molecule has 1 unspecified atom stereocenters. The number of amides is 1. The average Bonchev–Trinajstić information content (AvgIpc) is 2.40. The standard InChI is InChI=1S/C15H28N2O/c1-13-8-6-7-11-17(13)15(18)12-16(2)14-9-4-3-5-10-14/h13-14H,3-12H2,1-2H3. The molecular formula is C15H28N2O. The van der Waals surface area contributed by atoms with Crippen molar-refractivity contribution in [2.75, 3.05) is 20.1 Å². The molecule has 3 nitrogen and oxygen atoms in total. The van der Waals surface area contributed by atoms with E-state index >= 15 is 0 Å². The summed E-state index contributed by atoms with van der Waals surface area (Å²) in [5.74, 6) is 0.343. The van der Waals surface area contributed by atoms with Crippen molar-refractivity contribution in [1.82, 2.24) is 9.80 Å². The van der Waals surface area contributed by atoms with Crippen LogP contribution in [0.15, 0.2) is 0 Å². The highest BCUT2D eigenvalue weighted by Gasteiger charge is 2.26. The summed E-state index contributed by atoms with van der Waals surface area (Å²) < 4.78 is 0. The molecule has 3 heteroatoms. The van der Waals surface area contributed by atoms with Gasteiger partial charge in [0.1, 0.15) is 0 Å². The lowest BCUT2D eigenvalue weighted by Crippen LogP contribution is -2.48. The largest absolute Gasteiger partial charge is 0.339 e. The predicted molar refractivity (Wildman–Crippen MR) is 74.5 cm³/mol. The zero-order valence-electron chi connectivity index (χ0n) is 12.0. The van der Waals surface area contributed by atoms with Gasteiger partial charge in [0, 0.05) is 18.6 Å². The molecule has 1 aliphatic carbocycles. The summed E-state index contributed by atoms with van der Waals surface area (Å²) in [5, 5.41) is 0. The van der Waals surface area contributed by atoms with E-state index in [1.165, 1.54) is 51.4 Å². The molecule has 0 radical (unpaired) electrons. The van der Waals surface area contributed by atoms with Gasteiger partial charge in [0.25, 0.3) is 0 Å². The molecule has 0 aromatic carbocycles. The summed E-state index contributed by atoms with van der Waals surface area (Å²) >= 11 is 0. The zero-order chi connectivity index (χ0) is 13.0. The van der Waals surface area contributed by atoms with Crippen LogP contribution >= 0.6 is 0 Å². The minimum absolute atomic E-state index is 0.343. The van der Waals surface area contributed by atoms with E-state index in [2.05, 4.69) is 23.8 Å². The number of nitrogens with zero attached hydrogens (tertiary/aromatic N) is 2. The van der Waals surface area contributed by atoms with E-state index in [9.17, 15) is 4.79 Å². The molecule has 1 saturated carbocycles. The minimum Gasteiger partial charge on any atom is -0.339 e. The van der Waals surface area contributed by atoms with Gasteiger partial charge in [-0.3, -0.25) is 9.69 Å². The Kier molecular flexibility index (Phi) is 5.04. The molecule has 1 heterocycles. The summed E-state index contributed by atoms with van der Waals surface area (Å²) in [4.78, 5) is 16.7. The molecule has 2 rings (SSSR count). The number of likely N-dealkylation sites (tertiary alicyclic amines) is 1. The lowest BCUT2D eigenvalue weighted by molar-refractivity contribution is -0.136. The number of hydrogen-bond acceptors (Lipinski definition) is 2. The molecule has 1 atom stereocenters. The summed E-state index contributed by atoms with van der Waals surface area (Å²) in [6, 6.07) is 1.09. The number of piperidine rings is 1. The van der Waals surface area contributed by atoms with Crippen molar-refractivity contribution in [2.45, 2.75) is 70.4 Å². The Morgan fingerprint density at radius 3 is 2.44 bits per heavy atom. The normalized spacial score (nSPS) is 26.6. The maximum absolute atomic E-state index is 12.3. The van der Waals surface area contributed by atoms with Crippen LogP contribution in [0.2, 0.25) is 0 Å². The van der Waals surface area contributed by atoms with Crippen molar-refractivity contribution in [2.24, 2.45) is 0 Å². The van der Waals surface area contributed by atoms with Gasteiger partial charge < -0.3 is 4.90 Å². The van der Waals surface area contributed by atoms with Crippen LogP contribution in [0.4, 0.5) is 0 Å². The van der Waals surface area contributed by atoms with Gasteiger partial charge in [-0.15, -0.1) is 0 Å². The van der Waals surface area contributed by atoms with Gasteiger partial charge in [0.2, 0.25) is 5.91 Å². The highest BCUT2D eigenvalue weighted by molar-refractivity contribution is 5.78. The lowest BCUT2D eigenvalue weighted by atomic mass is 9.94. The van der Waals surface area contributed by atoms with Crippen molar-refractivity contribution >= 4 is 5.91 Å². The van der Waals surface area contributed by atoms with Gasteiger partial charge in [-0.2, -0.15) is 0 Å². The molecule has 0 aromatic rings. The smallest absolute Gasteiger partial charge is 0.236 e. The summed E-state index contributed by atoms with van der Waals surface area (Å²) in [5.41, 5.74) is 0. The Balaban J connectivity index is 1.81. The molecule has 2 aliphatic rings. The first-order valence-electron chi connectivity index (χ1n) is 7.68. The van der Waals surface area contributed by atoms with E-state index in [1.54, 1.807) is 0 Å². The van der Waals surface area contributed by atoms with Crippen LogP contribution in [-0.4, -0.2) is 47.9 Å². The molecule has 0 N–H and O–H groups in total. The second-order valence-corrected chi connectivity index (χ2v) is 6.14. The van der Waals surface area contributed by atoms with Crippen LogP contribution < -0.4 is 0 Å². The average molecular weight is 252 g/mol. The Bertz CT molecular complexity index is 274. The van der Waals surface area contributed by atoms with Crippen LogP contribution in [0.1, 0.15) is 58.3 Å². The highest BCUT2D eigenvalue weighted by atomic mass is 16.2. The number of rotatable bonds is 3. The molecule has 18 heavy (non-hydrogen) atoms. The maximum Gasteiger partial charge on any atom is 0.236 e. The van der Waals surface area contributed by atoms with E-state index < -0.39 is 0 Å². The van der Waals surface area contributed by atoms with Gasteiger partial charge in [-0.05, 0) is 46.1 Å². The summed E-state index contributed by atoms with van der Waals surface area (Å²) in [6.45, 7) is 3.78. The fourth-order valence-electron chi connectivity index (χ4n) is 3.42. The van der Waals surface area contributed by atoms with Gasteiger partial charge in [-0.1, -0.05) is 19.3 Å². The molecular weight excluding hydrogens is 224 g/mol. The highest BCUT2D eigenvalue weighted by Crippen LogP contribution is 2.22. The minimum atomic E-state index is 0.343. The number of carbonyl (C=O) groups is 1. The predicted octanol–water partition coefficient (Wildman–Crippen LogP) is 2.65. The van der Waals surface area contributed by atoms with E-state index in [-0.39, 0.29) is 0 Å². The Hall–Kier alpha value is -0.570. The maximum atomic E-state index is 12.3. The first kappa shape index (κ1) is 13.9. The molecule has 0 spiro atoms. The third kappa shape index (κ3) is 3.47. The van der Waals surface area contributed by atoms with Crippen molar-refractivity contribution in [3.8, 4) is 0 Å². The first-order valence-corrected chi connectivity index (χ1v) is 7.68. The van der Waals surface area contributed by atoms with Crippen LogP contribution in [0.3, 0.4) is 0 Å². The van der Waals surface area contributed by atoms with Crippen LogP contribution in [-0.2, 0) is 4.79 Å². The fourth-order valence-corrected chi connectivity index (χ4v) is 3.42. The van der Waals surface area contributed by atoms with Crippen LogP contribution in [0.25, 0.3) is 0 Å². The Morgan fingerprint density at radius 1 is 1.11 bits per heavy atom. The molecule has 1 saturated heterocycles. The monoisotopic (exact) mass is 252 g/mol. The van der Waals surface area contributed by atoms with Crippen molar-refractivity contribution in [3.63, 3.8) is 0 Å². The van der Waals surface area contributed by atoms with Gasteiger partial charge in [0.15, 0.2) is 0 Å². The quantitative estimate of drug-likeness (QED) is 0.771. The third-order valence-electron chi connectivity index (χ3n) is 4.71. The van der Waals surface area contributed by atoms with Gasteiger partial charge >= 0.3 is 0 Å². The molecule has 104 valence electrons. The lowest BCUT2D eigenvalue weighted by Gasteiger charge is -2.36. The molecule has 2 fully saturated rings. The molecule has 1 amide bonds. The zero-order valence-corrected chi connectivity index (χ0v) is 12.0. The number of likely N-dealkylation sites (N-methyl/N-ethyl adjacent to an activating group) is 1. The van der Waals surface area contributed by atoms with Crippen molar-refractivity contribution in [1.29, 1.82) is 0 Å². The summed E-state index contributed by atoms with van der Waals surface area (Å²) in [7, 11) is 2.13. The molecule has 0 aromatic heterocycles. The SMILES string of the molecule is CC1CCCCN1C(=O)CN(C)C1CCCCC1. The third-order valence-corrected chi connectivity index (χ3v) is 4.71. The van der Waals surface area contributed by atoms with Crippen molar-refractivity contribution in [3.05, 3.63) is 0 Å². The first-order chi connectivity index (χ1) is 8.68. The van der Waals surface area contributed by atoms with E-state index in [1.807, 2.05) is 0 Å². The summed E-state index contributed by atoms with van der Waals surface area (Å²) in [6.07, 6.45) is 10.2. The molecule has 0 bridgehead atoms. The topological polar surface area (TPSA) is 23.6 Å². The van der Waals surface area contributed by atoms with Crippen molar-refractivity contribution < 1.29 is 4.79 Å². The van der Waals surface area contributed by atoms with E-state index in [0.717, 1.165) is 6.54 Å². The molecule has 1 aliphatic heterocycles. The Morgan fingerprint density at radius 2 is 1.78 bits per heavy atom. The second kappa shape index (κ2) is 6.55.